The molecule has 1 aliphatic rings. The van der Waals surface area contributed by atoms with E-state index in [9.17, 15) is 18.4 Å². The maximum atomic E-state index is 13.0. The molecule has 1 aromatic rings. The molecule has 0 aliphatic carbocycles. The number of rotatable bonds is 5. The van der Waals surface area contributed by atoms with Gasteiger partial charge in [0.15, 0.2) is 5.69 Å². The van der Waals surface area contributed by atoms with E-state index < -0.39 is 36.0 Å². The van der Waals surface area contributed by atoms with E-state index in [0.29, 0.717) is 0 Å². The molecular weight excluding hydrogens is 278 g/mol. The van der Waals surface area contributed by atoms with Gasteiger partial charge in [-0.05, 0) is 6.92 Å². The molecule has 2 rings (SSSR count). The molecule has 0 spiro atoms. The number of nitrogens with zero attached hydrogens (tertiary/aromatic N) is 3. The number of aromatic nitrogens is 3. The molecule has 8 nitrogen and oxygen atoms in total. The average molecular weight is 290 g/mol. The minimum Gasteiger partial charge on any atom is -0.461 e. The molecule has 0 aromatic carbocycles. The number of carbonyl (C=O) groups is 2. The van der Waals surface area contributed by atoms with Crippen LogP contribution in [0.15, 0.2) is 0 Å². The zero-order valence-electron chi connectivity index (χ0n) is 10.5. The van der Waals surface area contributed by atoms with Gasteiger partial charge >= 0.3 is 12.1 Å². The standard InChI is InChI=1S/C10H12F2N4O4/c1-2-19-9(17)6-7(8(11)12)16(15-14-6)4-5-3-13-10(18)20-5/h5,8H,2-4H2,1H3,(H,13,18). The lowest BCUT2D eigenvalue weighted by atomic mass is 10.3. The summed E-state index contributed by atoms with van der Waals surface area (Å²) in [5.41, 5.74) is -1.18. The van der Waals surface area contributed by atoms with Crippen molar-refractivity contribution in [2.24, 2.45) is 0 Å². The normalized spacial score (nSPS) is 18.0. The Hall–Kier alpha value is -2.26. The molecule has 10 heteroatoms. The second-order valence-electron chi connectivity index (χ2n) is 3.93. The molecular formula is C10H12F2N4O4. The van der Waals surface area contributed by atoms with Gasteiger partial charge in [-0.1, -0.05) is 5.21 Å². The number of ether oxygens (including phenoxy) is 2. The number of alkyl halides is 2. The van der Waals surface area contributed by atoms with Crippen LogP contribution in [0.5, 0.6) is 0 Å². The summed E-state index contributed by atoms with van der Waals surface area (Å²) in [5, 5.41) is 9.30. The quantitative estimate of drug-likeness (QED) is 0.793. The Labute approximate surface area is 112 Å². The molecule has 0 saturated carbocycles. The van der Waals surface area contributed by atoms with Crippen LogP contribution in [0.1, 0.15) is 29.5 Å². The van der Waals surface area contributed by atoms with Crippen LogP contribution in [0, 0.1) is 0 Å². The van der Waals surface area contributed by atoms with Crippen LogP contribution >= 0.6 is 0 Å². The summed E-state index contributed by atoms with van der Waals surface area (Å²) in [4.78, 5) is 22.4. The first kappa shape index (κ1) is 14.2. The van der Waals surface area contributed by atoms with Crippen LogP contribution in [0.2, 0.25) is 0 Å². The van der Waals surface area contributed by atoms with Gasteiger partial charge in [-0.15, -0.1) is 5.10 Å². The van der Waals surface area contributed by atoms with E-state index in [1.54, 1.807) is 6.92 Å². The summed E-state index contributed by atoms with van der Waals surface area (Å²) in [5.74, 6) is -0.962. The van der Waals surface area contributed by atoms with Crippen molar-refractivity contribution in [1.29, 1.82) is 0 Å². The SMILES string of the molecule is CCOC(=O)c1nnn(CC2CNC(=O)O2)c1C(F)F. The summed E-state index contributed by atoms with van der Waals surface area (Å²) in [6.07, 6.45) is -4.22. The molecule has 1 aliphatic heterocycles. The fourth-order valence-corrected chi connectivity index (χ4v) is 1.74. The van der Waals surface area contributed by atoms with Gasteiger partial charge in [0.25, 0.3) is 6.43 Å². The molecule has 2 heterocycles. The molecule has 1 fully saturated rings. The van der Waals surface area contributed by atoms with Gasteiger partial charge in [0, 0.05) is 0 Å². The first-order valence-electron chi connectivity index (χ1n) is 5.86. The lowest BCUT2D eigenvalue weighted by molar-refractivity contribution is 0.0505. The van der Waals surface area contributed by atoms with Gasteiger partial charge in [0.2, 0.25) is 0 Å². The minimum absolute atomic E-state index is 0.0402. The number of hydrogen-bond acceptors (Lipinski definition) is 6. The Morgan fingerprint density at radius 3 is 2.95 bits per heavy atom. The van der Waals surface area contributed by atoms with Crippen molar-refractivity contribution in [2.45, 2.75) is 26.0 Å². The summed E-state index contributed by atoms with van der Waals surface area (Å²) >= 11 is 0. The predicted octanol–water partition coefficient (Wildman–Crippen LogP) is 0.501. The largest absolute Gasteiger partial charge is 0.461 e. The lowest BCUT2D eigenvalue weighted by Gasteiger charge is -2.10. The van der Waals surface area contributed by atoms with Gasteiger partial charge in [-0.2, -0.15) is 0 Å². The van der Waals surface area contributed by atoms with Crippen LogP contribution in [-0.2, 0) is 16.0 Å². The van der Waals surface area contributed by atoms with E-state index in [1.807, 2.05) is 0 Å². The summed E-state index contributed by atoms with van der Waals surface area (Å²) < 4.78 is 36.4. The maximum Gasteiger partial charge on any atom is 0.407 e. The Kier molecular flexibility index (Phi) is 4.11. The highest BCUT2D eigenvalue weighted by atomic mass is 19.3. The van der Waals surface area contributed by atoms with Crippen LogP contribution in [0.3, 0.4) is 0 Å². The van der Waals surface area contributed by atoms with Crippen molar-refractivity contribution in [3.63, 3.8) is 0 Å². The molecule has 1 unspecified atom stereocenters. The number of cyclic esters (lactones) is 1. The van der Waals surface area contributed by atoms with Gasteiger partial charge < -0.3 is 14.8 Å². The Morgan fingerprint density at radius 1 is 1.65 bits per heavy atom. The third-order valence-electron chi connectivity index (χ3n) is 2.57. The monoisotopic (exact) mass is 290 g/mol. The van der Waals surface area contributed by atoms with Crippen molar-refractivity contribution in [1.82, 2.24) is 20.3 Å². The van der Waals surface area contributed by atoms with Crippen LogP contribution < -0.4 is 5.32 Å². The second-order valence-corrected chi connectivity index (χ2v) is 3.93. The van der Waals surface area contributed by atoms with Crippen molar-refractivity contribution >= 4 is 12.1 Å². The number of esters is 1. The fourth-order valence-electron chi connectivity index (χ4n) is 1.74. The minimum atomic E-state index is -2.95. The molecule has 1 saturated heterocycles. The number of hydrogen-bond donors (Lipinski definition) is 1. The van der Waals surface area contributed by atoms with E-state index in [1.165, 1.54) is 0 Å². The van der Waals surface area contributed by atoms with Crippen molar-refractivity contribution < 1.29 is 27.8 Å². The number of carbonyl (C=O) groups excluding carboxylic acids is 2. The van der Waals surface area contributed by atoms with Crippen LogP contribution in [0.4, 0.5) is 13.6 Å². The smallest absolute Gasteiger partial charge is 0.407 e. The van der Waals surface area contributed by atoms with Gasteiger partial charge in [0.1, 0.15) is 11.8 Å². The Balaban J connectivity index is 2.20. The van der Waals surface area contributed by atoms with Gasteiger partial charge in [-0.3, -0.25) is 0 Å². The van der Waals surface area contributed by atoms with E-state index in [2.05, 4.69) is 20.4 Å². The number of halogens is 2. The number of nitrogens with one attached hydrogen (secondary N) is 1. The maximum absolute atomic E-state index is 13.0. The van der Waals surface area contributed by atoms with E-state index in [4.69, 9.17) is 4.74 Å². The zero-order valence-corrected chi connectivity index (χ0v) is 10.5. The summed E-state index contributed by atoms with van der Waals surface area (Å²) in [6, 6.07) is 0. The third-order valence-corrected chi connectivity index (χ3v) is 2.57. The average Bonchev–Trinajstić information content (AvgIpc) is 2.96. The molecule has 1 aromatic heterocycles. The molecule has 0 radical (unpaired) electrons. The first-order chi connectivity index (χ1) is 9.52. The molecule has 1 atom stereocenters. The zero-order chi connectivity index (χ0) is 14.7. The molecule has 110 valence electrons. The Morgan fingerprint density at radius 2 is 2.40 bits per heavy atom. The fraction of sp³-hybridized carbons (Fsp3) is 0.600. The highest BCUT2D eigenvalue weighted by Crippen LogP contribution is 2.22. The summed E-state index contributed by atoms with van der Waals surface area (Å²) in [7, 11) is 0. The highest BCUT2D eigenvalue weighted by Gasteiger charge is 2.30. The summed E-state index contributed by atoms with van der Waals surface area (Å²) in [6.45, 7) is 1.65. The van der Waals surface area contributed by atoms with Crippen LogP contribution in [0.25, 0.3) is 0 Å². The first-order valence-corrected chi connectivity index (χ1v) is 5.86. The topological polar surface area (TPSA) is 95.3 Å². The molecule has 0 bridgehead atoms. The van der Waals surface area contributed by atoms with Crippen LogP contribution in [-0.4, -0.2) is 46.3 Å². The van der Waals surface area contributed by atoms with Gasteiger partial charge in [0.05, 0.1) is 19.7 Å². The third kappa shape index (κ3) is 2.83. The Bertz CT molecular complexity index is 519. The molecule has 1 N–H and O–H groups in total. The highest BCUT2D eigenvalue weighted by molar-refractivity contribution is 5.88. The van der Waals surface area contributed by atoms with Gasteiger partial charge in [-0.25, -0.2) is 23.1 Å². The predicted molar refractivity (Wildman–Crippen MR) is 59.2 cm³/mol. The van der Waals surface area contributed by atoms with E-state index >= 15 is 0 Å². The van der Waals surface area contributed by atoms with Crippen molar-refractivity contribution in [2.75, 3.05) is 13.2 Å². The lowest BCUT2D eigenvalue weighted by Crippen LogP contribution is -2.23. The number of alkyl carbamates (subject to hydrolysis) is 1. The van der Waals surface area contributed by atoms with E-state index in [-0.39, 0.29) is 19.7 Å². The molecule has 1 amide bonds. The molecule has 20 heavy (non-hydrogen) atoms. The number of amides is 1. The van der Waals surface area contributed by atoms with Crippen molar-refractivity contribution in [3.05, 3.63) is 11.4 Å². The second kappa shape index (κ2) is 5.80. The van der Waals surface area contributed by atoms with E-state index in [0.717, 1.165) is 4.68 Å². The van der Waals surface area contributed by atoms with Crippen molar-refractivity contribution in [3.8, 4) is 0 Å².